The van der Waals surface area contributed by atoms with Crippen LogP contribution in [-0.4, -0.2) is 15.7 Å². The summed E-state index contributed by atoms with van der Waals surface area (Å²) < 4.78 is 0. The number of anilines is 1. The van der Waals surface area contributed by atoms with Crippen molar-refractivity contribution in [3.8, 4) is 0 Å². The average Bonchev–Trinajstić information content (AvgIpc) is 2.81. The molecule has 0 bridgehead atoms. The van der Waals surface area contributed by atoms with E-state index < -0.39 is 0 Å². The van der Waals surface area contributed by atoms with Gasteiger partial charge in [-0.15, -0.1) is 0 Å². The van der Waals surface area contributed by atoms with Crippen molar-refractivity contribution < 1.29 is 0 Å². The summed E-state index contributed by atoms with van der Waals surface area (Å²) in [5.74, 6) is 0.671. The lowest BCUT2D eigenvalue weighted by molar-refractivity contribution is 1.08. The van der Waals surface area contributed by atoms with E-state index in [4.69, 9.17) is 0 Å². The van der Waals surface area contributed by atoms with Crippen molar-refractivity contribution in [1.29, 1.82) is 0 Å². The monoisotopic (exact) mass is 224 g/mol. The Kier molecular flexibility index (Phi) is 2.54. The van der Waals surface area contributed by atoms with E-state index in [9.17, 15) is 0 Å². The van der Waals surface area contributed by atoms with Gasteiger partial charge in [0.15, 0.2) is 5.82 Å². The quantitative estimate of drug-likeness (QED) is 0.796. The highest BCUT2D eigenvalue weighted by molar-refractivity contribution is 6.04. The van der Waals surface area contributed by atoms with Crippen LogP contribution >= 0.6 is 0 Å². The lowest BCUT2D eigenvalue weighted by Crippen LogP contribution is -2.00. The Hall–Kier alpha value is -2.23. The minimum Gasteiger partial charge on any atom is -0.260 e. The molecule has 0 amide bonds. The molecule has 0 spiro atoms. The third-order valence-electron chi connectivity index (χ3n) is 2.83. The second-order valence-electron chi connectivity index (χ2n) is 3.92. The van der Waals surface area contributed by atoms with E-state index in [1.807, 2.05) is 6.07 Å². The third kappa shape index (κ3) is 2.01. The van der Waals surface area contributed by atoms with Gasteiger partial charge in [-0.3, -0.25) is 10.4 Å². The lowest BCUT2D eigenvalue weighted by Gasteiger charge is -2.01. The first-order chi connectivity index (χ1) is 8.43. The number of aromatic nitrogens is 2. The van der Waals surface area contributed by atoms with Crippen LogP contribution in [0.5, 0.6) is 0 Å². The maximum Gasteiger partial charge on any atom is 0.164 e. The van der Waals surface area contributed by atoms with Crippen molar-refractivity contribution >= 4 is 11.5 Å². The van der Waals surface area contributed by atoms with Crippen LogP contribution in [0.4, 0.5) is 5.82 Å². The first-order valence-corrected chi connectivity index (χ1v) is 5.60. The number of nitrogens with one attached hydrogen (secondary N) is 1. The Morgan fingerprint density at radius 2 is 2.06 bits per heavy atom. The van der Waals surface area contributed by atoms with Crippen molar-refractivity contribution in [3.63, 3.8) is 0 Å². The Labute approximate surface area is 99.4 Å². The molecule has 0 saturated heterocycles. The van der Waals surface area contributed by atoms with Crippen LogP contribution in [0.3, 0.4) is 0 Å². The molecule has 1 aliphatic rings. The van der Waals surface area contributed by atoms with Gasteiger partial charge in [-0.25, -0.2) is 4.98 Å². The van der Waals surface area contributed by atoms with E-state index in [2.05, 4.69) is 38.7 Å². The normalized spacial score (nSPS) is 15.9. The van der Waals surface area contributed by atoms with Crippen molar-refractivity contribution in [2.24, 2.45) is 5.10 Å². The second-order valence-corrected chi connectivity index (χ2v) is 3.92. The van der Waals surface area contributed by atoms with Crippen molar-refractivity contribution in [2.45, 2.75) is 12.8 Å². The highest BCUT2D eigenvalue weighted by Gasteiger charge is 2.16. The number of hydrogen-bond acceptors (Lipinski definition) is 4. The van der Waals surface area contributed by atoms with Crippen molar-refractivity contribution in [2.75, 3.05) is 5.43 Å². The minimum absolute atomic E-state index is 0.671. The summed E-state index contributed by atoms with van der Waals surface area (Å²) in [4.78, 5) is 8.09. The summed E-state index contributed by atoms with van der Waals surface area (Å²) in [7, 11) is 0. The number of rotatable bonds is 2. The molecule has 0 fully saturated rings. The summed E-state index contributed by atoms with van der Waals surface area (Å²) in [6.45, 7) is 0. The fourth-order valence-electron chi connectivity index (χ4n) is 2.01. The van der Waals surface area contributed by atoms with Gasteiger partial charge >= 0.3 is 0 Å². The summed E-state index contributed by atoms with van der Waals surface area (Å²) >= 11 is 0. The number of hydrazone groups is 1. The van der Waals surface area contributed by atoms with Gasteiger partial charge in [0.1, 0.15) is 0 Å². The van der Waals surface area contributed by atoms with Gasteiger partial charge < -0.3 is 0 Å². The zero-order valence-electron chi connectivity index (χ0n) is 9.30. The molecule has 0 radical (unpaired) electrons. The molecule has 0 atom stereocenters. The smallest absolute Gasteiger partial charge is 0.164 e. The van der Waals surface area contributed by atoms with Gasteiger partial charge in [-0.1, -0.05) is 24.3 Å². The van der Waals surface area contributed by atoms with Crippen LogP contribution in [0, 0.1) is 0 Å². The molecule has 1 heterocycles. The molecule has 0 unspecified atom stereocenters. The third-order valence-corrected chi connectivity index (χ3v) is 2.83. The molecule has 17 heavy (non-hydrogen) atoms. The van der Waals surface area contributed by atoms with Crippen molar-refractivity contribution in [3.05, 3.63) is 54.0 Å². The van der Waals surface area contributed by atoms with Crippen LogP contribution < -0.4 is 5.43 Å². The van der Waals surface area contributed by atoms with Gasteiger partial charge in [0, 0.05) is 18.0 Å². The largest absolute Gasteiger partial charge is 0.260 e. The molecule has 3 rings (SSSR count). The van der Waals surface area contributed by atoms with E-state index >= 15 is 0 Å². The Bertz CT molecular complexity index is 548. The molecule has 4 heteroatoms. The van der Waals surface area contributed by atoms with Gasteiger partial charge in [-0.05, 0) is 18.4 Å². The molecule has 4 nitrogen and oxygen atoms in total. The van der Waals surface area contributed by atoms with E-state index in [-0.39, 0.29) is 0 Å². The molecule has 0 saturated carbocycles. The lowest BCUT2D eigenvalue weighted by atomic mass is 10.1. The first-order valence-electron chi connectivity index (χ1n) is 5.60. The second kappa shape index (κ2) is 4.33. The highest BCUT2D eigenvalue weighted by Crippen LogP contribution is 2.22. The molecule has 1 aromatic carbocycles. The molecule has 1 N–H and O–H groups in total. The maximum atomic E-state index is 4.40. The van der Waals surface area contributed by atoms with E-state index in [0.717, 1.165) is 18.6 Å². The predicted molar refractivity (Wildman–Crippen MR) is 67.0 cm³/mol. The molecular weight excluding hydrogens is 212 g/mol. The Morgan fingerprint density at radius 1 is 1.12 bits per heavy atom. The highest BCUT2D eigenvalue weighted by atomic mass is 15.3. The fraction of sp³-hybridized carbons (Fsp3) is 0.154. The van der Waals surface area contributed by atoms with Gasteiger partial charge in [0.05, 0.1) is 11.9 Å². The Balaban J connectivity index is 1.83. The molecule has 2 aromatic rings. The number of aryl methyl sites for hydroxylation is 1. The predicted octanol–water partition coefficient (Wildman–Crippen LogP) is 2.24. The first kappa shape index (κ1) is 9.96. The van der Waals surface area contributed by atoms with Gasteiger partial charge in [0.2, 0.25) is 0 Å². The number of fused-ring (bicyclic) bond motifs is 1. The fourth-order valence-corrected chi connectivity index (χ4v) is 2.01. The Morgan fingerprint density at radius 3 is 2.94 bits per heavy atom. The van der Waals surface area contributed by atoms with Crippen LogP contribution in [0.15, 0.2) is 48.0 Å². The standard InChI is InChI=1S/C13H12N4/c1-2-4-11-10(3-1)5-6-12(11)16-17-13-9-14-7-8-15-13/h1-4,7-9H,5-6H2,(H,15,17). The van der Waals surface area contributed by atoms with E-state index in [1.165, 1.54) is 11.1 Å². The number of hydrogen-bond donors (Lipinski definition) is 1. The summed E-state index contributed by atoms with van der Waals surface area (Å²) in [5.41, 5.74) is 6.64. The molecule has 84 valence electrons. The van der Waals surface area contributed by atoms with E-state index in [0.29, 0.717) is 5.82 Å². The topological polar surface area (TPSA) is 50.2 Å². The number of benzene rings is 1. The van der Waals surface area contributed by atoms with Crippen LogP contribution in [0.1, 0.15) is 17.5 Å². The van der Waals surface area contributed by atoms with Crippen LogP contribution in [0.2, 0.25) is 0 Å². The average molecular weight is 224 g/mol. The van der Waals surface area contributed by atoms with Gasteiger partial charge in [-0.2, -0.15) is 5.10 Å². The zero-order valence-corrected chi connectivity index (χ0v) is 9.30. The van der Waals surface area contributed by atoms with E-state index in [1.54, 1.807) is 18.6 Å². The molecule has 0 aliphatic heterocycles. The molecule has 1 aliphatic carbocycles. The SMILES string of the molecule is c1ccc2c(c1)CCC2=NNc1cnccn1. The van der Waals surface area contributed by atoms with Crippen molar-refractivity contribution in [1.82, 2.24) is 9.97 Å². The molecule has 1 aromatic heterocycles. The van der Waals surface area contributed by atoms with Gasteiger partial charge in [0.25, 0.3) is 0 Å². The number of nitrogens with zero attached hydrogens (tertiary/aromatic N) is 3. The summed E-state index contributed by atoms with van der Waals surface area (Å²) in [6, 6.07) is 8.37. The minimum atomic E-state index is 0.671. The molecular formula is C13H12N4. The van der Waals surface area contributed by atoms with Crippen LogP contribution in [-0.2, 0) is 6.42 Å². The summed E-state index contributed by atoms with van der Waals surface area (Å²) in [6.07, 6.45) is 6.99. The zero-order chi connectivity index (χ0) is 11.5. The maximum absolute atomic E-state index is 4.40. The summed E-state index contributed by atoms with van der Waals surface area (Å²) in [5, 5.41) is 4.40. The van der Waals surface area contributed by atoms with Crippen LogP contribution in [0.25, 0.3) is 0 Å².